The first-order valence-electron chi connectivity index (χ1n) is 8.17. The van der Waals surface area contributed by atoms with Crippen LogP contribution in [0.4, 0.5) is 0 Å². The van der Waals surface area contributed by atoms with Crippen LogP contribution >= 0.6 is 0 Å². The minimum atomic E-state index is -3.66. The summed E-state index contributed by atoms with van der Waals surface area (Å²) in [5.74, 6) is 0.394. The molecular weight excluding hydrogens is 364 g/mol. The Balaban J connectivity index is 1.61. The number of rotatable bonds is 5. The predicted octanol–water partition coefficient (Wildman–Crippen LogP) is 2.72. The Labute approximate surface area is 156 Å². The normalized spacial score (nSPS) is 11.6. The highest BCUT2D eigenvalue weighted by molar-refractivity contribution is 7.91. The average molecular weight is 380 g/mol. The number of aromatic nitrogens is 4. The van der Waals surface area contributed by atoms with Gasteiger partial charge in [0.2, 0.25) is 9.84 Å². The minimum absolute atomic E-state index is 0.0943. The van der Waals surface area contributed by atoms with Crippen LogP contribution in [-0.2, 0) is 16.4 Å². The Morgan fingerprint density at radius 3 is 2.63 bits per heavy atom. The Morgan fingerprint density at radius 1 is 1.04 bits per heavy atom. The van der Waals surface area contributed by atoms with Gasteiger partial charge in [-0.25, -0.2) is 18.1 Å². The largest absolute Gasteiger partial charge is 0.495 e. The lowest BCUT2D eigenvalue weighted by Gasteiger charge is -2.08. The number of methoxy groups -OCH3 is 1. The quantitative estimate of drug-likeness (QED) is 0.529. The summed E-state index contributed by atoms with van der Waals surface area (Å²) < 4.78 is 32.4. The first-order valence-corrected chi connectivity index (χ1v) is 9.66. The second-order valence-corrected chi connectivity index (χ2v) is 7.88. The number of sulfone groups is 1. The fourth-order valence-electron chi connectivity index (χ4n) is 2.77. The lowest BCUT2D eigenvalue weighted by Crippen LogP contribution is -2.05. The van der Waals surface area contributed by atoms with Gasteiger partial charge in [-0.2, -0.15) is 5.10 Å². The molecule has 0 atom stereocenters. The van der Waals surface area contributed by atoms with E-state index in [0.717, 1.165) is 16.6 Å². The van der Waals surface area contributed by atoms with Gasteiger partial charge in [0.15, 0.2) is 5.65 Å². The number of nitrogens with zero attached hydrogens (tertiary/aromatic N) is 4. The standard InChI is InChI=1S/C19H16N4O3S/c1-26-16-9-18(12-20-11-16)27(24,25)17-6-4-14(5-7-17)13-23-19-15(10-22-23)3-2-8-21-19/h2-12H,13H2,1H3. The molecule has 3 heterocycles. The molecule has 8 heteroatoms. The monoisotopic (exact) mass is 380 g/mol. The Kier molecular flexibility index (Phi) is 4.33. The van der Waals surface area contributed by atoms with Crippen molar-refractivity contribution in [2.24, 2.45) is 0 Å². The lowest BCUT2D eigenvalue weighted by molar-refractivity contribution is 0.411. The first-order chi connectivity index (χ1) is 13.1. The highest BCUT2D eigenvalue weighted by Crippen LogP contribution is 2.23. The SMILES string of the molecule is COc1cncc(S(=O)(=O)c2ccc(Cn3ncc4cccnc43)cc2)c1. The topological polar surface area (TPSA) is 87.0 Å². The number of hydrogen-bond donors (Lipinski definition) is 0. The van der Waals surface area contributed by atoms with E-state index < -0.39 is 9.84 Å². The Hall–Kier alpha value is -3.26. The highest BCUT2D eigenvalue weighted by Gasteiger charge is 2.19. The van der Waals surface area contributed by atoms with Crippen LogP contribution in [0.15, 0.2) is 77.0 Å². The van der Waals surface area contributed by atoms with E-state index in [4.69, 9.17) is 4.74 Å². The van der Waals surface area contributed by atoms with Crippen LogP contribution in [0, 0.1) is 0 Å². The van der Waals surface area contributed by atoms with E-state index in [1.54, 1.807) is 41.3 Å². The maximum atomic E-state index is 12.8. The van der Waals surface area contributed by atoms with Gasteiger partial charge in [-0.05, 0) is 29.8 Å². The Bertz CT molecular complexity index is 1200. The fourth-order valence-corrected chi connectivity index (χ4v) is 4.01. The van der Waals surface area contributed by atoms with Gasteiger partial charge in [0.1, 0.15) is 5.75 Å². The summed E-state index contributed by atoms with van der Waals surface area (Å²) in [6.45, 7) is 0.502. The molecule has 3 aromatic heterocycles. The first kappa shape index (κ1) is 17.2. The summed E-state index contributed by atoms with van der Waals surface area (Å²) in [6.07, 6.45) is 6.26. The van der Waals surface area contributed by atoms with E-state index in [1.807, 2.05) is 12.1 Å². The van der Waals surface area contributed by atoms with Gasteiger partial charge in [0.25, 0.3) is 0 Å². The van der Waals surface area contributed by atoms with Crippen LogP contribution in [0.2, 0.25) is 0 Å². The summed E-state index contributed by atoms with van der Waals surface area (Å²) in [4.78, 5) is 8.55. The lowest BCUT2D eigenvalue weighted by atomic mass is 10.2. The van der Waals surface area contributed by atoms with Gasteiger partial charge in [-0.15, -0.1) is 0 Å². The van der Waals surface area contributed by atoms with Crippen LogP contribution < -0.4 is 4.74 Å². The summed E-state index contributed by atoms with van der Waals surface area (Å²) in [5.41, 5.74) is 1.71. The van der Waals surface area contributed by atoms with E-state index in [-0.39, 0.29) is 9.79 Å². The molecule has 0 aliphatic heterocycles. The van der Waals surface area contributed by atoms with Crippen molar-refractivity contribution >= 4 is 20.9 Å². The van der Waals surface area contributed by atoms with Crippen LogP contribution in [0.3, 0.4) is 0 Å². The molecule has 0 aliphatic rings. The summed E-state index contributed by atoms with van der Waals surface area (Å²) in [5, 5.41) is 5.30. The third-order valence-corrected chi connectivity index (χ3v) is 5.93. The van der Waals surface area contributed by atoms with E-state index in [0.29, 0.717) is 12.3 Å². The van der Waals surface area contributed by atoms with E-state index in [9.17, 15) is 8.42 Å². The van der Waals surface area contributed by atoms with Crippen LogP contribution in [0.1, 0.15) is 5.56 Å². The second kappa shape index (κ2) is 6.81. The van der Waals surface area contributed by atoms with Crippen LogP contribution in [-0.4, -0.2) is 35.3 Å². The number of hydrogen-bond acceptors (Lipinski definition) is 6. The molecule has 0 saturated heterocycles. The van der Waals surface area contributed by atoms with Gasteiger partial charge in [0.05, 0.1) is 35.8 Å². The molecular formula is C19H16N4O3S. The zero-order valence-corrected chi connectivity index (χ0v) is 15.3. The molecule has 0 saturated carbocycles. The number of fused-ring (bicyclic) bond motifs is 1. The third kappa shape index (κ3) is 3.26. The zero-order chi connectivity index (χ0) is 18.9. The maximum Gasteiger partial charge on any atom is 0.208 e. The molecule has 4 aromatic rings. The smallest absolute Gasteiger partial charge is 0.208 e. The summed E-state index contributed by atoms with van der Waals surface area (Å²) in [6, 6.07) is 12.0. The van der Waals surface area contributed by atoms with Crippen molar-refractivity contribution in [2.45, 2.75) is 16.3 Å². The fraction of sp³-hybridized carbons (Fsp3) is 0.105. The third-order valence-electron chi connectivity index (χ3n) is 4.20. The van der Waals surface area contributed by atoms with Crippen LogP contribution in [0.25, 0.3) is 11.0 Å². The van der Waals surface area contributed by atoms with Gasteiger partial charge < -0.3 is 4.74 Å². The minimum Gasteiger partial charge on any atom is -0.495 e. The summed E-state index contributed by atoms with van der Waals surface area (Å²) >= 11 is 0. The Morgan fingerprint density at radius 2 is 1.85 bits per heavy atom. The summed E-state index contributed by atoms with van der Waals surface area (Å²) in [7, 11) is -2.19. The van der Waals surface area contributed by atoms with Gasteiger partial charge in [0, 0.05) is 23.8 Å². The van der Waals surface area contributed by atoms with Crippen molar-refractivity contribution in [3.63, 3.8) is 0 Å². The maximum absolute atomic E-state index is 12.8. The van der Waals surface area contributed by atoms with Crippen molar-refractivity contribution in [3.8, 4) is 5.75 Å². The van der Waals surface area contributed by atoms with Gasteiger partial charge in [-0.3, -0.25) is 4.98 Å². The molecule has 0 fully saturated rings. The predicted molar refractivity (Wildman–Crippen MR) is 99.3 cm³/mol. The van der Waals surface area contributed by atoms with Gasteiger partial charge >= 0.3 is 0 Å². The van der Waals surface area contributed by atoms with Crippen molar-refractivity contribution < 1.29 is 13.2 Å². The highest BCUT2D eigenvalue weighted by atomic mass is 32.2. The van der Waals surface area contributed by atoms with E-state index in [2.05, 4.69) is 15.1 Å². The number of ether oxygens (including phenoxy) is 1. The molecule has 0 unspecified atom stereocenters. The van der Waals surface area contributed by atoms with Crippen molar-refractivity contribution in [1.82, 2.24) is 19.7 Å². The van der Waals surface area contributed by atoms with E-state index >= 15 is 0 Å². The molecule has 7 nitrogen and oxygen atoms in total. The van der Waals surface area contributed by atoms with E-state index in [1.165, 1.54) is 25.6 Å². The zero-order valence-electron chi connectivity index (χ0n) is 14.5. The molecule has 1 aromatic carbocycles. The molecule has 4 rings (SSSR count). The van der Waals surface area contributed by atoms with Gasteiger partial charge in [-0.1, -0.05) is 12.1 Å². The molecule has 0 spiro atoms. The van der Waals surface area contributed by atoms with Crippen molar-refractivity contribution in [1.29, 1.82) is 0 Å². The molecule has 0 radical (unpaired) electrons. The van der Waals surface area contributed by atoms with Crippen LogP contribution in [0.5, 0.6) is 5.75 Å². The molecule has 27 heavy (non-hydrogen) atoms. The van der Waals surface area contributed by atoms with Crippen molar-refractivity contribution in [3.05, 3.63) is 72.8 Å². The molecule has 0 aliphatic carbocycles. The molecule has 136 valence electrons. The number of pyridine rings is 2. The molecule has 0 N–H and O–H groups in total. The number of benzene rings is 1. The molecule has 0 amide bonds. The second-order valence-electron chi connectivity index (χ2n) is 5.93. The van der Waals surface area contributed by atoms with Crippen molar-refractivity contribution in [2.75, 3.05) is 7.11 Å². The average Bonchev–Trinajstić information content (AvgIpc) is 3.11. The molecule has 0 bridgehead atoms.